The number of hydrogen-bond acceptors (Lipinski definition) is 3. The molecule has 148 valence electrons. The van der Waals surface area contributed by atoms with E-state index in [9.17, 15) is 9.59 Å². The Bertz CT molecular complexity index is 849. The van der Waals surface area contributed by atoms with Gasteiger partial charge in [-0.05, 0) is 30.0 Å². The van der Waals surface area contributed by atoms with Crippen LogP contribution in [0.4, 0.5) is 5.69 Å². The first-order valence-corrected chi connectivity index (χ1v) is 9.84. The second-order valence-corrected chi connectivity index (χ2v) is 7.30. The number of methoxy groups -OCH3 is 1. The lowest BCUT2D eigenvalue weighted by atomic mass is 9.96. The fraction of sp³-hybridized carbons (Fsp3) is 0.391. The highest BCUT2D eigenvalue weighted by molar-refractivity contribution is 6.00. The van der Waals surface area contributed by atoms with Crippen LogP contribution < -0.4 is 15.0 Å². The first-order valence-electron chi connectivity index (χ1n) is 9.84. The highest BCUT2D eigenvalue weighted by Crippen LogP contribution is 2.33. The van der Waals surface area contributed by atoms with E-state index in [0.29, 0.717) is 19.0 Å². The lowest BCUT2D eigenvalue weighted by Gasteiger charge is -2.23. The Hall–Kier alpha value is -2.82. The molecule has 0 unspecified atom stereocenters. The smallest absolute Gasteiger partial charge is 0.227 e. The van der Waals surface area contributed by atoms with Gasteiger partial charge >= 0.3 is 0 Å². The van der Waals surface area contributed by atoms with Gasteiger partial charge in [0.05, 0.1) is 13.0 Å². The first-order chi connectivity index (χ1) is 13.5. The number of carbonyl (C=O) groups excluding carboxylic acids is 2. The van der Waals surface area contributed by atoms with Gasteiger partial charge in [-0.3, -0.25) is 9.59 Å². The Morgan fingerprint density at radius 3 is 2.68 bits per heavy atom. The highest BCUT2D eigenvalue weighted by Gasteiger charge is 2.36. The van der Waals surface area contributed by atoms with E-state index in [1.54, 1.807) is 12.0 Å². The van der Waals surface area contributed by atoms with Crippen molar-refractivity contribution in [3.05, 3.63) is 59.7 Å². The summed E-state index contributed by atoms with van der Waals surface area (Å²) in [4.78, 5) is 27.1. The highest BCUT2D eigenvalue weighted by atomic mass is 16.5. The lowest BCUT2D eigenvalue weighted by Crippen LogP contribution is -2.33. The van der Waals surface area contributed by atoms with Crippen molar-refractivity contribution < 1.29 is 14.3 Å². The monoisotopic (exact) mass is 380 g/mol. The first kappa shape index (κ1) is 19.9. The average Bonchev–Trinajstić information content (AvgIpc) is 3.13. The Morgan fingerprint density at radius 1 is 1.21 bits per heavy atom. The van der Waals surface area contributed by atoms with Crippen molar-refractivity contribution in [3.63, 3.8) is 0 Å². The molecule has 0 spiro atoms. The van der Waals surface area contributed by atoms with Gasteiger partial charge in [0, 0.05) is 30.8 Å². The molecule has 0 bridgehead atoms. The molecule has 2 atom stereocenters. The summed E-state index contributed by atoms with van der Waals surface area (Å²) in [6.07, 6.45) is 1.24. The number of para-hydroxylation sites is 2. The SMILES string of the molecule is CC[C@H](C)c1ccccc1N1C[C@@H](C(=O)NCc2ccccc2OC)CC1=O. The Balaban J connectivity index is 1.68. The minimum atomic E-state index is -0.341. The van der Waals surface area contributed by atoms with Gasteiger partial charge in [0.1, 0.15) is 5.75 Å². The molecule has 1 heterocycles. The molecule has 0 aliphatic carbocycles. The zero-order valence-electron chi connectivity index (χ0n) is 16.8. The van der Waals surface area contributed by atoms with E-state index >= 15 is 0 Å². The molecule has 2 aromatic carbocycles. The summed E-state index contributed by atoms with van der Waals surface area (Å²) in [6.45, 7) is 5.11. The molecule has 1 N–H and O–H groups in total. The molecular formula is C23H28N2O3. The van der Waals surface area contributed by atoms with Crippen LogP contribution in [0.25, 0.3) is 0 Å². The second kappa shape index (κ2) is 8.91. The summed E-state index contributed by atoms with van der Waals surface area (Å²) in [5.41, 5.74) is 3.01. The zero-order valence-corrected chi connectivity index (χ0v) is 16.8. The third-order valence-corrected chi connectivity index (χ3v) is 5.51. The topological polar surface area (TPSA) is 58.6 Å². The maximum absolute atomic E-state index is 12.7. The molecule has 0 aromatic heterocycles. The molecule has 2 amide bonds. The number of carbonyl (C=O) groups is 2. The minimum absolute atomic E-state index is 0.00759. The van der Waals surface area contributed by atoms with Crippen LogP contribution in [-0.2, 0) is 16.1 Å². The number of amides is 2. The molecule has 5 heteroatoms. The molecule has 1 aliphatic rings. The molecule has 1 saturated heterocycles. The molecule has 5 nitrogen and oxygen atoms in total. The number of anilines is 1. The van der Waals surface area contributed by atoms with Gasteiger partial charge < -0.3 is 15.0 Å². The zero-order chi connectivity index (χ0) is 20.1. The summed E-state index contributed by atoms with van der Waals surface area (Å²) in [5.74, 6) is 0.681. The molecular weight excluding hydrogens is 352 g/mol. The summed E-state index contributed by atoms with van der Waals surface area (Å²) in [7, 11) is 1.61. The number of hydrogen-bond donors (Lipinski definition) is 1. The van der Waals surface area contributed by atoms with Crippen LogP contribution in [0, 0.1) is 5.92 Å². The summed E-state index contributed by atoms with van der Waals surface area (Å²) < 4.78 is 5.33. The largest absolute Gasteiger partial charge is 0.496 e. The Labute approximate surface area is 166 Å². The van der Waals surface area contributed by atoms with Gasteiger partial charge in [-0.1, -0.05) is 50.2 Å². The van der Waals surface area contributed by atoms with E-state index in [0.717, 1.165) is 29.0 Å². The summed E-state index contributed by atoms with van der Waals surface area (Å²) >= 11 is 0. The fourth-order valence-electron chi connectivity index (χ4n) is 3.66. The van der Waals surface area contributed by atoms with Crippen LogP contribution in [-0.4, -0.2) is 25.5 Å². The maximum Gasteiger partial charge on any atom is 0.227 e. The van der Waals surface area contributed by atoms with Crippen molar-refractivity contribution in [1.29, 1.82) is 0 Å². The fourth-order valence-corrected chi connectivity index (χ4v) is 3.66. The van der Waals surface area contributed by atoms with E-state index in [4.69, 9.17) is 4.74 Å². The maximum atomic E-state index is 12.7. The van der Waals surface area contributed by atoms with Crippen LogP contribution >= 0.6 is 0 Å². The van der Waals surface area contributed by atoms with Gasteiger partial charge in [0.2, 0.25) is 11.8 Å². The van der Waals surface area contributed by atoms with E-state index < -0.39 is 0 Å². The summed E-state index contributed by atoms with van der Waals surface area (Å²) in [6, 6.07) is 15.6. The van der Waals surface area contributed by atoms with Gasteiger partial charge in [-0.15, -0.1) is 0 Å². The standard InChI is InChI=1S/C23H28N2O3/c1-4-16(2)19-10-6-7-11-20(19)25-15-18(13-22(25)26)23(27)24-14-17-9-5-8-12-21(17)28-3/h5-12,16,18H,4,13-15H2,1-3H3,(H,24,27)/t16-,18-/m0/s1. The quantitative estimate of drug-likeness (QED) is 0.793. The predicted octanol–water partition coefficient (Wildman–Crippen LogP) is 3.88. The number of nitrogens with zero attached hydrogens (tertiary/aromatic N) is 1. The van der Waals surface area contributed by atoms with Crippen molar-refractivity contribution in [2.75, 3.05) is 18.6 Å². The van der Waals surface area contributed by atoms with Crippen LogP contribution in [0.5, 0.6) is 5.75 Å². The van der Waals surface area contributed by atoms with Crippen molar-refractivity contribution in [3.8, 4) is 5.75 Å². The van der Waals surface area contributed by atoms with E-state index in [2.05, 4.69) is 25.2 Å². The minimum Gasteiger partial charge on any atom is -0.496 e. The van der Waals surface area contributed by atoms with Crippen molar-refractivity contribution in [1.82, 2.24) is 5.32 Å². The molecule has 1 fully saturated rings. The third kappa shape index (κ3) is 4.19. The molecule has 3 rings (SSSR count). The van der Waals surface area contributed by atoms with Crippen molar-refractivity contribution in [2.45, 2.75) is 39.2 Å². The normalized spacial score (nSPS) is 17.5. The van der Waals surface area contributed by atoms with Gasteiger partial charge in [-0.2, -0.15) is 0 Å². The molecule has 0 radical (unpaired) electrons. The van der Waals surface area contributed by atoms with E-state index in [1.807, 2.05) is 42.5 Å². The number of benzene rings is 2. The average molecular weight is 380 g/mol. The van der Waals surface area contributed by atoms with Gasteiger partial charge in [-0.25, -0.2) is 0 Å². The van der Waals surface area contributed by atoms with Crippen LogP contribution in [0.2, 0.25) is 0 Å². The number of ether oxygens (including phenoxy) is 1. The predicted molar refractivity (Wildman–Crippen MR) is 110 cm³/mol. The number of nitrogens with one attached hydrogen (secondary N) is 1. The van der Waals surface area contributed by atoms with Gasteiger partial charge in [0.25, 0.3) is 0 Å². The molecule has 0 saturated carbocycles. The Kier molecular flexibility index (Phi) is 6.34. The second-order valence-electron chi connectivity index (χ2n) is 7.30. The number of rotatable bonds is 7. The summed E-state index contributed by atoms with van der Waals surface area (Å²) in [5, 5.41) is 2.96. The third-order valence-electron chi connectivity index (χ3n) is 5.51. The van der Waals surface area contributed by atoms with Crippen LogP contribution in [0.1, 0.15) is 43.7 Å². The molecule has 28 heavy (non-hydrogen) atoms. The molecule has 2 aromatic rings. The van der Waals surface area contributed by atoms with E-state index in [1.165, 1.54) is 0 Å². The van der Waals surface area contributed by atoms with Crippen molar-refractivity contribution >= 4 is 17.5 Å². The Morgan fingerprint density at radius 2 is 1.93 bits per heavy atom. The van der Waals surface area contributed by atoms with E-state index in [-0.39, 0.29) is 24.2 Å². The van der Waals surface area contributed by atoms with Gasteiger partial charge in [0.15, 0.2) is 0 Å². The van der Waals surface area contributed by atoms with Crippen molar-refractivity contribution in [2.24, 2.45) is 5.92 Å². The lowest BCUT2D eigenvalue weighted by molar-refractivity contribution is -0.126. The van der Waals surface area contributed by atoms with Crippen LogP contribution in [0.3, 0.4) is 0 Å². The molecule has 1 aliphatic heterocycles. The van der Waals surface area contributed by atoms with Crippen LogP contribution in [0.15, 0.2) is 48.5 Å².